The summed E-state index contributed by atoms with van der Waals surface area (Å²) in [6.45, 7) is 5.74. The Hall–Kier alpha value is -0.820. The molecule has 92 valence electrons. The maximum absolute atomic E-state index is 3.76. The van der Waals surface area contributed by atoms with Crippen LogP contribution >= 0.6 is 0 Å². The molecule has 1 nitrogen and oxygen atoms in total. The highest BCUT2D eigenvalue weighted by Gasteiger charge is 2.37. The maximum atomic E-state index is 3.76. The van der Waals surface area contributed by atoms with E-state index in [4.69, 9.17) is 0 Å². The number of benzene rings is 1. The second kappa shape index (κ2) is 4.13. The number of hydrogen-bond donors (Lipinski definition) is 1. The van der Waals surface area contributed by atoms with Crippen LogP contribution in [0.5, 0.6) is 0 Å². The Morgan fingerprint density at radius 1 is 1.12 bits per heavy atom. The molecule has 0 spiro atoms. The summed E-state index contributed by atoms with van der Waals surface area (Å²) in [7, 11) is 0. The third-order valence-electron chi connectivity index (χ3n) is 4.40. The summed E-state index contributed by atoms with van der Waals surface area (Å²) in [4.78, 5) is 0. The molecule has 0 radical (unpaired) electrons. The Balaban J connectivity index is 1.68. The normalized spacial score (nSPS) is 20.6. The average Bonchev–Trinajstić information content (AvgIpc) is 3.20. The first-order valence-corrected chi connectivity index (χ1v) is 6.99. The Bertz CT molecular complexity index is 400. The van der Waals surface area contributed by atoms with Crippen molar-refractivity contribution in [3.63, 3.8) is 0 Å². The van der Waals surface area contributed by atoms with Gasteiger partial charge in [0.15, 0.2) is 0 Å². The molecule has 0 unspecified atom stereocenters. The molecule has 0 aromatic heterocycles. The molecule has 0 atom stereocenters. The van der Waals surface area contributed by atoms with Gasteiger partial charge in [-0.05, 0) is 62.5 Å². The molecule has 0 heterocycles. The van der Waals surface area contributed by atoms with Gasteiger partial charge in [-0.3, -0.25) is 0 Å². The summed E-state index contributed by atoms with van der Waals surface area (Å²) < 4.78 is 0. The van der Waals surface area contributed by atoms with Crippen molar-refractivity contribution >= 4 is 0 Å². The van der Waals surface area contributed by atoms with Gasteiger partial charge < -0.3 is 5.32 Å². The van der Waals surface area contributed by atoms with Gasteiger partial charge in [0.2, 0.25) is 0 Å². The quantitative estimate of drug-likeness (QED) is 0.809. The maximum Gasteiger partial charge on any atom is 0.0213 e. The van der Waals surface area contributed by atoms with Crippen LogP contribution in [0.3, 0.4) is 0 Å². The Kier molecular flexibility index (Phi) is 2.74. The Labute approximate surface area is 105 Å². The van der Waals surface area contributed by atoms with Gasteiger partial charge >= 0.3 is 0 Å². The van der Waals surface area contributed by atoms with E-state index in [1.807, 2.05) is 0 Å². The third kappa shape index (κ3) is 2.55. The van der Waals surface area contributed by atoms with E-state index in [1.54, 1.807) is 5.56 Å². The van der Waals surface area contributed by atoms with Crippen LogP contribution < -0.4 is 5.32 Å². The minimum Gasteiger partial charge on any atom is -0.307 e. The van der Waals surface area contributed by atoms with E-state index < -0.39 is 0 Å². The summed E-state index contributed by atoms with van der Waals surface area (Å²) in [6, 6.07) is 8.97. The molecule has 17 heavy (non-hydrogen) atoms. The number of hydrogen-bond acceptors (Lipinski definition) is 1. The molecule has 1 aromatic rings. The van der Waals surface area contributed by atoms with Crippen LogP contribution in [0.15, 0.2) is 24.3 Å². The average molecular weight is 229 g/mol. The smallest absolute Gasteiger partial charge is 0.0213 e. The lowest BCUT2D eigenvalue weighted by Gasteiger charge is -2.27. The van der Waals surface area contributed by atoms with Crippen molar-refractivity contribution in [1.29, 1.82) is 0 Å². The van der Waals surface area contributed by atoms with Crippen LogP contribution in [0.4, 0.5) is 0 Å². The molecule has 2 saturated carbocycles. The molecule has 1 N–H and O–H groups in total. The minimum absolute atomic E-state index is 0.316. The highest BCUT2D eigenvalue weighted by molar-refractivity contribution is 5.33. The van der Waals surface area contributed by atoms with Crippen molar-refractivity contribution in [2.75, 3.05) is 0 Å². The van der Waals surface area contributed by atoms with Gasteiger partial charge in [-0.15, -0.1) is 0 Å². The van der Waals surface area contributed by atoms with Crippen molar-refractivity contribution < 1.29 is 0 Å². The highest BCUT2D eigenvalue weighted by Crippen LogP contribution is 2.42. The van der Waals surface area contributed by atoms with E-state index in [0.717, 1.165) is 18.4 Å². The van der Waals surface area contributed by atoms with Crippen molar-refractivity contribution in [3.8, 4) is 0 Å². The first-order chi connectivity index (χ1) is 8.17. The van der Waals surface area contributed by atoms with Crippen molar-refractivity contribution in [2.24, 2.45) is 5.92 Å². The van der Waals surface area contributed by atoms with Gasteiger partial charge in [0.05, 0.1) is 0 Å². The summed E-state index contributed by atoms with van der Waals surface area (Å²) >= 11 is 0. The van der Waals surface area contributed by atoms with Crippen LogP contribution in [0.2, 0.25) is 0 Å². The number of nitrogens with one attached hydrogen (secondary N) is 1. The third-order valence-corrected chi connectivity index (χ3v) is 4.40. The fourth-order valence-electron chi connectivity index (χ4n) is 2.76. The second-order valence-electron chi connectivity index (χ2n) is 6.32. The van der Waals surface area contributed by atoms with E-state index in [-0.39, 0.29) is 0 Å². The first kappa shape index (κ1) is 11.3. The molecule has 2 aliphatic rings. The molecule has 0 amide bonds. The summed E-state index contributed by atoms with van der Waals surface area (Å²) in [5, 5.41) is 3.76. The Morgan fingerprint density at radius 2 is 1.82 bits per heavy atom. The van der Waals surface area contributed by atoms with Gasteiger partial charge in [-0.25, -0.2) is 0 Å². The zero-order valence-corrected chi connectivity index (χ0v) is 11.0. The fraction of sp³-hybridized carbons (Fsp3) is 0.625. The zero-order chi connectivity index (χ0) is 11.9. The first-order valence-electron chi connectivity index (χ1n) is 6.99. The monoisotopic (exact) mass is 229 g/mol. The van der Waals surface area contributed by atoms with E-state index in [2.05, 4.69) is 43.4 Å². The topological polar surface area (TPSA) is 12.0 Å². The summed E-state index contributed by atoms with van der Waals surface area (Å²) in [6.07, 6.45) is 5.60. The van der Waals surface area contributed by atoms with Crippen LogP contribution in [0.25, 0.3) is 0 Å². The van der Waals surface area contributed by atoms with E-state index in [9.17, 15) is 0 Å². The molecule has 2 fully saturated rings. The van der Waals surface area contributed by atoms with Crippen molar-refractivity contribution in [1.82, 2.24) is 5.32 Å². The molecule has 0 aliphatic heterocycles. The minimum atomic E-state index is 0.316. The molecule has 2 aliphatic carbocycles. The standard InChI is InChI=1S/C16H23N/c1-16(2,14-9-10-14)17-11-13-5-3-4-6-15(13)12-7-8-12/h3-6,12,14,17H,7-11H2,1-2H3. The van der Waals surface area contributed by atoms with Crippen LogP contribution in [-0.4, -0.2) is 5.54 Å². The molecule has 0 saturated heterocycles. The van der Waals surface area contributed by atoms with Gasteiger partial charge in [0.25, 0.3) is 0 Å². The van der Waals surface area contributed by atoms with Gasteiger partial charge in [0, 0.05) is 12.1 Å². The van der Waals surface area contributed by atoms with E-state index in [1.165, 1.54) is 31.2 Å². The van der Waals surface area contributed by atoms with Crippen molar-refractivity contribution in [3.05, 3.63) is 35.4 Å². The highest BCUT2D eigenvalue weighted by atomic mass is 15.0. The molecular formula is C16H23N. The molecule has 1 aromatic carbocycles. The van der Waals surface area contributed by atoms with E-state index in [0.29, 0.717) is 5.54 Å². The van der Waals surface area contributed by atoms with Gasteiger partial charge in [-0.1, -0.05) is 24.3 Å². The molecular weight excluding hydrogens is 206 g/mol. The molecule has 0 bridgehead atoms. The van der Waals surface area contributed by atoms with Crippen LogP contribution in [-0.2, 0) is 6.54 Å². The molecule has 1 heteroatoms. The molecule has 3 rings (SSSR count). The van der Waals surface area contributed by atoms with Crippen LogP contribution in [0.1, 0.15) is 56.6 Å². The second-order valence-corrected chi connectivity index (χ2v) is 6.32. The van der Waals surface area contributed by atoms with Gasteiger partial charge in [0.1, 0.15) is 0 Å². The number of rotatable bonds is 5. The summed E-state index contributed by atoms with van der Waals surface area (Å²) in [5.74, 6) is 1.76. The lowest BCUT2D eigenvalue weighted by molar-refractivity contribution is 0.339. The van der Waals surface area contributed by atoms with Crippen molar-refractivity contribution in [2.45, 2.75) is 57.5 Å². The van der Waals surface area contributed by atoms with Gasteiger partial charge in [-0.2, -0.15) is 0 Å². The predicted octanol–water partition coefficient (Wildman–Crippen LogP) is 3.84. The summed E-state index contributed by atoms with van der Waals surface area (Å²) in [5.41, 5.74) is 3.42. The zero-order valence-electron chi connectivity index (χ0n) is 11.0. The SMILES string of the molecule is CC(C)(NCc1ccccc1C1CC1)C1CC1. The fourth-order valence-corrected chi connectivity index (χ4v) is 2.76. The largest absolute Gasteiger partial charge is 0.307 e. The Morgan fingerprint density at radius 3 is 2.47 bits per heavy atom. The van der Waals surface area contributed by atoms with E-state index >= 15 is 0 Å². The lowest BCUT2D eigenvalue weighted by atomic mass is 9.97. The predicted molar refractivity (Wildman–Crippen MR) is 72.1 cm³/mol. The van der Waals surface area contributed by atoms with Crippen LogP contribution in [0, 0.1) is 5.92 Å². The lowest BCUT2D eigenvalue weighted by Crippen LogP contribution is -2.40.